The Balaban J connectivity index is 2.41. The predicted molar refractivity (Wildman–Crippen MR) is 261 cm³/mol. The summed E-state index contributed by atoms with van der Waals surface area (Å²) in [5, 5.41) is 75.8. The van der Waals surface area contributed by atoms with Gasteiger partial charge in [0.05, 0.1) is 25.4 Å². The Hall–Kier alpha value is -1.93. The Kier molecular flexibility index (Phi) is 39.8. The van der Waals surface area contributed by atoms with Gasteiger partial charge in [0, 0.05) is 0 Å². The number of nitrogens with one attached hydrogen (secondary N) is 1. The zero-order valence-electron chi connectivity index (χ0n) is 40.5. The van der Waals surface area contributed by atoms with E-state index in [4.69, 9.17) is 9.47 Å². The monoisotopic (exact) mass is 908 g/mol. The summed E-state index contributed by atoms with van der Waals surface area (Å²) in [6.45, 7) is 3.40. The van der Waals surface area contributed by atoms with Crippen molar-refractivity contribution in [1.82, 2.24) is 5.32 Å². The Morgan fingerprint density at radius 3 is 1.42 bits per heavy atom. The van der Waals surface area contributed by atoms with Gasteiger partial charge >= 0.3 is 0 Å². The summed E-state index contributed by atoms with van der Waals surface area (Å²) < 4.78 is 11.1. The van der Waals surface area contributed by atoms with Crippen LogP contribution >= 0.6 is 0 Å². The first kappa shape index (κ1) is 60.1. The van der Waals surface area contributed by atoms with E-state index in [9.17, 15) is 40.5 Å². The van der Waals surface area contributed by atoms with E-state index in [1.54, 1.807) is 0 Å². The van der Waals surface area contributed by atoms with Crippen molar-refractivity contribution in [2.24, 2.45) is 0 Å². The van der Waals surface area contributed by atoms with Crippen LogP contribution in [0.2, 0.25) is 0 Å². The van der Waals surface area contributed by atoms with Gasteiger partial charge in [-0.25, -0.2) is 0 Å². The molecule has 1 amide bonds. The van der Waals surface area contributed by atoms with Gasteiger partial charge in [-0.2, -0.15) is 0 Å². The predicted octanol–water partition coefficient (Wildman–Crippen LogP) is 9.73. The number of rotatable bonds is 43. The highest BCUT2D eigenvalue weighted by atomic mass is 16.7. The van der Waals surface area contributed by atoms with Crippen molar-refractivity contribution in [2.45, 2.75) is 268 Å². The molecule has 1 aliphatic rings. The number of hydrogen-bond acceptors (Lipinski definition) is 10. The molecule has 9 atom stereocenters. The summed E-state index contributed by atoms with van der Waals surface area (Å²) in [5.74, 6) is -0.718. The van der Waals surface area contributed by atoms with E-state index >= 15 is 0 Å². The first-order chi connectivity index (χ1) is 31.2. The van der Waals surface area contributed by atoms with Crippen molar-refractivity contribution in [2.75, 3.05) is 13.2 Å². The van der Waals surface area contributed by atoms with Gasteiger partial charge in [0.1, 0.15) is 36.6 Å². The molecule has 11 nitrogen and oxygen atoms in total. The first-order valence-electron chi connectivity index (χ1n) is 26.0. The molecule has 374 valence electrons. The Bertz CT molecular complexity index is 1180. The normalized spacial score (nSPS) is 21.4. The summed E-state index contributed by atoms with van der Waals surface area (Å²) in [4.78, 5) is 13.1. The maximum Gasteiger partial charge on any atom is 0.249 e. The number of unbranched alkanes of at least 4 members (excludes halogenated alkanes) is 23. The third kappa shape index (κ3) is 31.1. The summed E-state index contributed by atoms with van der Waals surface area (Å²) >= 11 is 0. The smallest absolute Gasteiger partial charge is 0.249 e. The highest BCUT2D eigenvalue weighted by molar-refractivity contribution is 5.80. The van der Waals surface area contributed by atoms with Crippen LogP contribution in [0.15, 0.2) is 48.6 Å². The van der Waals surface area contributed by atoms with E-state index in [0.717, 1.165) is 70.6 Å². The fourth-order valence-corrected chi connectivity index (χ4v) is 8.00. The maximum absolute atomic E-state index is 13.1. The largest absolute Gasteiger partial charge is 0.394 e. The fraction of sp³-hybridized carbons (Fsp3) is 0.830. The summed E-state index contributed by atoms with van der Waals surface area (Å²) in [6, 6.07) is -1.20. The van der Waals surface area contributed by atoms with E-state index < -0.39 is 74.2 Å². The van der Waals surface area contributed by atoms with E-state index in [1.165, 1.54) is 96.3 Å². The molecule has 0 spiro atoms. The summed E-state index contributed by atoms with van der Waals surface area (Å²) in [6.07, 6.45) is 40.1. The van der Waals surface area contributed by atoms with Crippen molar-refractivity contribution in [3.05, 3.63) is 48.6 Å². The van der Waals surface area contributed by atoms with E-state index in [2.05, 4.69) is 67.8 Å². The molecule has 9 unspecified atom stereocenters. The van der Waals surface area contributed by atoms with Crippen LogP contribution in [0.25, 0.3) is 0 Å². The van der Waals surface area contributed by atoms with Crippen LogP contribution in [0, 0.1) is 0 Å². The second-order valence-corrected chi connectivity index (χ2v) is 18.2. The zero-order chi connectivity index (χ0) is 46.9. The molecule has 1 aliphatic heterocycles. The Morgan fingerprint density at radius 1 is 0.531 bits per heavy atom. The quantitative estimate of drug-likeness (QED) is 0.0216. The lowest BCUT2D eigenvalue weighted by atomic mass is 9.98. The SMILES string of the molecule is CCCCC/C=C/CC/C=C/CC/C=C/CCCC(O)C(O)C(COC1OC(CO)C(O)C(O)C1O)NC(=O)C(O)CCCCCCCC/C=C\CCCCCCCCCCCCC. The Morgan fingerprint density at radius 2 is 0.938 bits per heavy atom. The molecular weight excluding hydrogens is 811 g/mol. The van der Waals surface area contributed by atoms with Gasteiger partial charge in [-0.3, -0.25) is 4.79 Å². The van der Waals surface area contributed by atoms with Gasteiger partial charge in [-0.1, -0.05) is 172 Å². The van der Waals surface area contributed by atoms with Crippen molar-refractivity contribution in [1.29, 1.82) is 0 Å². The molecule has 1 rings (SSSR count). The van der Waals surface area contributed by atoms with Crippen LogP contribution < -0.4 is 5.32 Å². The lowest BCUT2D eigenvalue weighted by Crippen LogP contribution is -2.60. The summed E-state index contributed by atoms with van der Waals surface area (Å²) in [7, 11) is 0. The number of aliphatic hydroxyl groups is 7. The summed E-state index contributed by atoms with van der Waals surface area (Å²) in [5.41, 5.74) is 0. The maximum atomic E-state index is 13.1. The van der Waals surface area contributed by atoms with Crippen LogP contribution in [0.3, 0.4) is 0 Å². The van der Waals surface area contributed by atoms with Crippen LogP contribution in [0.1, 0.15) is 213 Å². The lowest BCUT2D eigenvalue weighted by Gasteiger charge is -2.40. The third-order valence-corrected chi connectivity index (χ3v) is 12.3. The molecule has 0 aromatic heterocycles. The van der Waals surface area contributed by atoms with E-state index in [-0.39, 0.29) is 12.8 Å². The topological polar surface area (TPSA) is 189 Å². The number of ether oxygens (including phenoxy) is 2. The Labute approximate surface area is 389 Å². The number of hydrogen-bond donors (Lipinski definition) is 8. The van der Waals surface area contributed by atoms with Crippen molar-refractivity contribution < 1.29 is 50.0 Å². The second-order valence-electron chi connectivity index (χ2n) is 18.2. The minimum absolute atomic E-state index is 0.238. The average Bonchev–Trinajstić information content (AvgIpc) is 3.29. The highest BCUT2D eigenvalue weighted by Gasteiger charge is 2.44. The molecule has 1 saturated heterocycles. The lowest BCUT2D eigenvalue weighted by molar-refractivity contribution is -0.303. The van der Waals surface area contributed by atoms with Crippen LogP contribution in [0.5, 0.6) is 0 Å². The molecule has 0 bridgehead atoms. The minimum Gasteiger partial charge on any atom is -0.394 e. The molecule has 0 aliphatic carbocycles. The van der Waals surface area contributed by atoms with Gasteiger partial charge in [-0.05, 0) is 89.9 Å². The number of carbonyl (C=O) groups excluding carboxylic acids is 1. The van der Waals surface area contributed by atoms with Crippen LogP contribution in [-0.2, 0) is 14.3 Å². The minimum atomic E-state index is -1.67. The van der Waals surface area contributed by atoms with Gasteiger partial charge in [0.2, 0.25) is 5.91 Å². The molecule has 0 saturated carbocycles. The van der Waals surface area contributed by atoms with E-state index in [0.29, 0.717) is 19.3 Å². The van der Waals surface area contributed by atoms with Gasteiger partial charge in [0.15, 0.2) is 6.29 Å². The van der Waals surface area contributed by atoms with E-state index in [1.807, 2.05) is 0 Å². The first-order valence-corrected chi connectivity index (χ1v) is 26.0. The molecular formula is C53H97NO10. The number of carbonyl (C=O) groups is 1. The van der Waals surface area contributed by atoms with Gasteiger partial charge in [-0.15, -0.1) is 0 Å². The van der Waals surface area contributed by atoms with Crippen molar-refractivity contribution >= 4 is 5.91 Å². The molecule has 1 fully saturated rings. The standard InChI is InChI=1S/C53H97NO10/c1-3-5-7-9-11-13-15-17-19-21-22-23-24-25-27-29-31-33-35-37-39-41-46(57)52(62)54-44(43-63-53-51(61)50(60)49(59)47(42-55)64-53)48(58)45(56)40-38-36-34-32-30-28-26-20-18-16-14-12-10-8-6-4-2/h12,14,20,24-26,32,34,44-51,53,55-61H,3-11,13,15-19,21-23,27-31,33,35-43H2,1-2H3,(H,54,62)/b14-12+,25-24-,26-20+,34-32+. The van der Waals surface area contributed by atoms with Gasteiger partial charge < -0.3 is 50.5 Å². The second kappa shape index (κ2) is 42.4. The molecule has 0 aromatic rings. The van der Waals surface area contributed by atoms with Crippen molar-refractivity contribution in [3.63, 3.8) is 0 Å². The van der Waals surface area contributed by atoms with Crippen LogP contribution in [-0.4, -0.2) is 110 Å². The highest BCUT2D eigenvalue weighted by Crippen LogP contribution is 2.23. The molecule has 11 heteroatoms. The number of allylic oxidation sites excluding steroid dienone is 8. The molecule has 0 radical (unpaired) electrons. The molecule has 0 aromatic carbocycles. The number of aliphatic hydroxyl groups excluding tert-OH is 7. The molecule has 8 N–H and O–H groups in total. The zero-order valence-corrected chi connectivity index (χ0v) is 40.5. The van der Waals surface area contributed by atoms with Crippen molar-refractivity contribution in [3.8, 4) is 0 Å². The fourth-order valence-electron chi connectivity index (χ4n) is 8.00. The average molecular weight is 908 g/mol. The van der Waals surface area contributed by atoms with Gasteiger partial charge in [0.25, 0.3) is 0 Å². The van der Waals surface area contributed by atoms with Crippen LogP contribution in [0.4, 0.5) is 0 Å². The third-order valence-electron chi connectivity index (χ3n) is 12.3. The molecule has 64 heavy (non-hydrogen) atoms. The number of amides is 1. The molecule has 1 heterocycles.